The molecule has 0 radical (unpaired) electrons. The number of hydrogen-bond donors (Lipinski definition) is 0. The van der Waals surface area contributed by atoms with Gasteiger partial charge in [-0.05, 0) is 167 Å². The lowest BCUT2D eigenvalue weighted by Crippen LogP contribution is -2.27. The van der Waals surface area contributed by atoms with Gasteiger partial charge in [0.05, 0.1) is 5.92 Å². The number of rotatable bonds is 42. The van der Waals surface area contributed by atoms with Crippen LogP contribution >= 0.6 is 0 Å². The second kappa shape index (κ2) is 39.1. The van der Waals surface area contributed by atoms with Crippen molar-refractivity contribution in [3.63, 3.8) is 0 Å². The van der Waals surface area contributed by atoms with Crippen LogP contribution in [0.2, 0.25) is 0 Å². The molecule has 0 saturated carbocycles. The molecule has 0 aromatic rings. The molecule has 1 aliphatic rings. The number of nitrogens with zero attached hydrogens (tertiary/aromatic N) is 1. The highest BCUT2D eigenvalue weighted by Crippen LogP contribution is 2.19. The van der Waals surface area contributed by atoms with Crippen LogP contribution in [0.5, 0.6) is 0 Å². The molecular formula is C50H83NO10. The lowest BCUT2D eigenvalue weighted by atomic mass is 10.0. The van der Waals surface area contributed by atoms with Crippen molar-refractivity contribution in [3.05, 3.63) is 50.6 Å². The summed E-state index contributed by atoms with van der Waals surface area (Å²) in [7, 11) is 0. The molecule has 61 heavy (non-hydrogen) atoms. The van der Waals surface area contributed by atoms with E-state index in [2.05, 4.69) is 31.2 Å². The van der Waals surface area contributed by atoms with Gasteiger partial charge >= 0.3 is 29.8 Å². The van der Waals surface area contributed by atoms with Gasteiger partial charge in [0, 0.05) is 32.1 Å². The van der Waals surface area contributed by atoms with Gasteiger partial charge < -0.3 is 28.6 Å². The van der Waals surface area contributed by atoms with E-state index in [1.165, 1.54) is 12.8 Å². The molecule has 0 amide bonds. The number of allylic oxidation sites excluding steroid dienone is 4. The summed E-state index contributed by atoms with van der Waals surface area (Å²) in [6, 6.07) is 0. The lowest BCUT2D eigenvalue weighted by Gasteiger charge is -2.18. The van der Waals surface area contributed by atoms with Crippen molar-refractivity contribution in [1.82, 2.24) is 4.90 Å². The maximum Gasteiger partial charge on any atom is 0.306 e. The Bertz CT molecular complexity index is 1120. The molecule has 0 atom stereocenters. The highest BCUT2D eigenvalue weighted by molar-refractivity contribution is 5.71. The Labute approximate surface area is 369 Å². The fourth-order valence-corrected chi connectivity index (χ4v) is 7.18. The van der Waals surface area contributed by atoms with Crippen molar-refractivity contribution in [1.29, 1.82) is 0 Å². The zero-order chi connectivity index (χ0) is 44.6. The van der Waals surface area contributed by atoms with Crippen molar-refractivity contribution < 1.29 is 47.7 Å². The van der Waals surface area contributed by atoms with Crippen molar-refractivity contribution >= 4 is 29.8 Å². The van der Waals surface area contributed by atoms with Crippen LogP contribution in [0.4, 0.5) is 0 Å². The molecule has 11 heteroatoms. The van der Waals surface area contributed by atoms with Crippen molar-refractivity contribution in [3.8, 4) is 0 Å². The van der Waals surface area contributed by atoms with Gasteiger partial charge in [-0.2, -0.15) is 0 Å². The van der Waals surface area contributed by atoms with Gasteiger partial charge in [-0.1, -0.05) is 24.3 Å². The summed E-state index contributed by atoms with van der Waals surface area (Å²) in [4.78, 5) is 65.6. The van der Waals surface area contributed by atoms with Crippen LogP contribution in [-0.4, -0.2) is 86.4 Å². The summed E-state index contributed by atoms with van der Waals surface area (Å²) in [5.41, 5.74) is 0. The monoisotopic (exact) mass is 858 g/mol. The first-order chi connectivity index (χ1) is 29.7. The lowest BCUT2D eigenvalue weighted by molar-refractivity contribution is -0.155. The minimum atomic E-state index is -0.537. The molecule has 348 valence electrons. The number of carbonyl (C=O) groups is 5. The standard InChI is InChI=1S/C50H83NO10/c1-5-9-13-17-28-44(29-18-14-10-6-2)60-49(55)34-23-21-32-46(52)57-40-43(42-59-48(54)36-27-39-51-37-25-26-38-51)41-58-47(53)33-22-24-35-50(56)61-45(30-19-15-11-7-3)31-20-16-12-8-4/h5-8,43-45H,1-4,9-42H2. The molecule has 1 fully saturated rings. The molecule has 0 N–H and O–H groups in total. The Balaban J connectivity index is 2.54. The zero-order valence-electron chi connectivity index (χ0n) is 37.9. The topological polar surface area (TPSA) is 135 Å². The smallest absolute Gasteiger partial charge is 0.306 e. The Morgan fingerprint density at radius 2 is 0.738 bits per heavy atom. The largest absolute Gasteiger partial charge is 0.465 e. The van der Waals surface area contributed by atoms with Gasteiger partial charge in [-0.25, -0.2) is 0 Å². The molecule has 0 aromatic heterocycles. The van der Waals surface area contributed by atoms with E-state index >= 15 is 0 Å². The summed E-state index contributed by atoms with van der Waals surface area (Å²) >= 11 is 0. The van der Waals surface area contributed by atoms with Gasteiger partial charge in [0.2, 0.25) is 0 Å². The predicted molar refractivity (Wildman–Crippen MR) is 243 cm³/mol. The van der Waals surface area contributed by atoms with Crippen LogP contribution in [0.15, 0.2) is 50.6 Å². The van der Waals surface area contributed by atoms with Crippen LogP contribution in [0.3, 0.4) is 0 Å². The third kappa shape index (κ3) is 33.6. The zero-order valence-corrected chi connectivity index (χ0v) is 37.9. The molecule has 1 saturated heterocycles. The van der Waals surface area contributed by atoms with E-state index < -0.39 is 17.9 Å². The molecule has 0 unspecified atom stereocenters. The van der Waals surface area contributed by atoms with Gasteiger partial charge in [-0.15, -0.1) is 26.3 Å². The van der Waals surface area contributed by atoms with Crippen molar-refractivity contribution in [2.75, 3.05) is 39.5 Å². The molecular weight excluding hydrogens is 775 g/mol. The number of likely N-dealkylation sites (tertiary alicyclic amines) is 1. The second-order valence-corrected chi connectivity index (χ2v) is 16.5. The van der Waals surface area contributed by atoms with Crippen LogP contribution in [0, 0.1) is 5.92 Å². The molecule has 1 heterocycles. The molecule has 0 bridgehead atoms. The van der Waals surface area contributed by atoms with Crippen molar-refractivity contribution in [2.24, 2.45) is 5.92 Å². The summed E-state index contributed by atoms with van der Waals surface area (Å²) in [6.07, 6.45) is 28.4. The number of carbonyl (C=O) groups excluding carboxylic acids is 5. The maximum absolute atomic E-state index is 12.7. The van der Waals surface area contributed by atoms with Crippen molar-refractivity contribution in [2.45, 2.75) is 192 Å². The quantitative estimate of drug-likeness (QED) is 0.0251. The summed E-state index contributed by atoms with van der Waals surface area (Å²) < 4.78 is 28.2. The van der Waals surface area contributed by atoms with Gasteiger partial charge in [0.1, 0.15) is 32.0 Å². The van der Waals surface area contributed by atoms with E-state index in [-0.39, 0.29) is 82.0 Å². The van der Waals surface area contributed by atoms with E-state index in [0.717, 1.165) is 122 Å². The highest BCUT2D eigenvalue weighted by Gasteiger charge is 2.20. The van der Waals surface area contributed by atoms with E-state index in [1.54, 1.807) is 0 Å². The van der Waals surface area contributed by atoms with E-state index in [4.69, 9.17) is 23.7 Å². The first-order valence-corrected chi connectivity index (χ1v) is 23.7. The Kier molecular flexibility index (Phi) is 35.5. The fourth-order valence-electron chi connectivity index (χ4n) is 7.18. The number of unbranched alkanes of at least 4 members (excludes halogenated alkanes) is 10. The molecule has 1 rings (SSSR count). The molecule has 0 spiro atoms. The normalized spacial score (nSPS) is 12.6. The predicted octanol–water partition coefficient (Wildman–Crippen LogP) is 11.0. The van der Waals surface area contributed by atoms with E-state index in [9.17, 15) is 24.0 Å². The van der Waals surface area contributed by atoms with Crippen LogP contribution in [-0.2, 0) is 47.7 Å². The van der Waals surface area contributed by atoms with Gasteiger partial charge in [-0.3, -0.25) is 24.0 Å². The fraction of sp³-hybridized carbons (Fsp3) is 0.740. The number of esters is 5. The second-order valence-electron chi connectivity index (χ2n) is 16.5. The SMILES string of the molecule is C=CCCCCC(CCCCC=C)OC(=O)CCCCC(=O)OCC(COC(=O)CCCCC(=O)OC(CCCCC=C)CCCCC=C)COC(=O)CCCN1CCCC1. The Morgan fingerprint density at radius 3 is 1.07 bits per heavy atom. The first kappa shape index (κ1) is 55.3. The number of hydrogen-bond acceptors (Lipinski definition) is 11. The third-order valence-electron chi connectivity index (χ3n) is 10.9. The average molecular weight is 858 g/mol. The van der Waals surface area contributed by atoms with E-state index in [1.807, 2.05) is 24.3 Å². The van der Waals surface area contributed by atoms with Gasteiger partial charge in [0.15, 0.2) is 0 Å². The molecule has 0 aromatic carbocycles. The summed E-state index contributed by atoms with van der Waals surface area (Å²) in [5.74, 6) is -2.26. The van der Waals surface area contributed by atoms with Crippen LogP contribution in [0.1, 0.15) is 180 Å². The minimum Gasteiger partial charge on any atom is -0.465 e. The maximum atomic E-state index is 12.7. The van der Waals surface area contributed by atoms with E-state index in [0.29, 0.717) is 32.1 Å². The average Bonchev–Trinajstić information content (AvgIpc) is 3.77. The summed E-state index contributed by atoms with van der Waals surface area (Å²) in [5, 5.41) is 0. The van der Waals surface area contributed by atoms with Gasteiger partial charge in [0.25, 0.3) is 0 Å². The first-order valence-electron chi connectivity index (χ1n) is 23.7. The minimum absolute atomic E-state index is 0.0501. The molecule has 11 nitrogen and oxygen atoms in total. The molecule has 0 aliphatic carbocycles. The third-order valence-corrected chi connectivity index (χ3v) is 10.9. The number of ether oxygens (including phenoxy) is 5. The molecule has 1 aliphatic heterocycles. The Morgan fingerprint density at radius 1 is 0.426 bits per heavy atom. The summed E-state index contributed by atoms with van der Waals surface area (Å²) in [6.45, 7) is 17.9. The van der Waals surface area contributed by atoms with Crippen LogP contribution < -0.4 is 0 Å². The van der Waals surface area contributed by atoms with Crippen LogP contribution in [0.25, 0.3) is 0 Å². The Hall–Kier alpha value is -3.73. The highest BCUT2D eigenvalue weighted by atomic mass is 16.6.